The van der Waals surface area contributed by atoms with Crippen LogP contribution in [0.5, 0.6) is 11.5 Å². The number of carbonyl (C=O) groups is 1. The van der Waals surface area contributed by atoms with Gasteiger partial charge < -0.3 is 10.5 Å². The van der Waals surface area contributed by atoms with Gasteiger partial charge in [-0.3, -0.25) is 4.79 Å². The molecular weight excluding hydrogens is 555 g/mol. The number of benzene rings is 3. The molecule has 3 aromatic carbocycles. The summed E-state index contributed by atoms with van der Waals surface area (Å²) in [4.78, 5) is 12.2. The van der Waals surface area contributed by atoms with Crippen LogP contribution in [0.3, 0.4) is 0 Å². The smallest absolute Gasteiger partial charge is 0.274 e. The quantitative estimate of drug-likeness (QED) is 0.358. The lowest BCUT2D eigenvalue weighted by atomic mass is 9.98. The van der Waals surface area contributed by atoms with Gasteiger partial charge in [0.25, 0.3) is 16.1 Å². The maximum absolute atomic E-state index is 14.4. The molecule has 0 heterocycles. The molecule has 0 bridgehead atoms. The number of nitrogens with two attached hydrogens (primary N) is 2. The maximum Gasteiger partial charge on any atom is 0.274 e. The van der Waals surface area contributed by atoms with E-state index in [1.807, 2.05) is 22.6 Å². The average molecular weight is 573 g/mol. The molecule has 0 spiro atoms. The van der Waals surface area contributed by atoms with Crippen molar-refractivity contribution in [3.8, 4) is 11.5 Å². The van der Waals surface area contributed by atoms with Gasteiger partial charge in [0.2, 0.25) is 0 Å². The van der Waals surface area contributed by atoms with Gasteiger partial charge in [-0.05, 0) is 69.6 Å². The standard InChI is InChI=1S/C21H18F2IN3O4S/c22-15-8-14(7-13-4-5-16(24)10-18(13)23)20(21(25)28)19(9-15)31-17-3-1-2-12(6-17)11-27-32(26,29)30/h1-6,8-10,27H,7,11H2,(H2,25,28)(H2,26,29,30). The minimum atomic E-state index is -3.89. The van der Waals surface area contributed by atoms with Crippen LogP contribution in [-0.4, -0.2) is 14.3 Å². The first-order valence-corrected chi connectivity index (χ1v) is 11.7. The lowest BCUT2D eigenvalue weighted by Crippen LogP contribution is -2.30. The molecule has 0 aliphatic heterocycles. The minimum Gasteiger partial charge on any atom is -0.456 e. The summed E-state index contributed by atoms with van der Waals surface area (Å²) in [6, 6.07) is 12.9. The van der Waals surface area contributed by atoms with Crippen molar-refractivity contribution >= 4 is 38.7 Å². The topological polar surface area (TPSA) is 125 Å². The first-order valence-electron chi connectivity index (χ1n) is 9.12. The molecule has 0 fully saturated rings. The summed E-state index contributed by atoms with van der Waals surface area (Å²) in [6.07, 6.45) is -0.0759. The third-order valence-corrected chi connectivity index (χ3v) is 5.61. The van der Waals surface area contributed by atoms with Crippen LogP contribution in [0.1, 0.15) is 27.0 Å². The summed E-state index contributed by atoms with van der Waals surface area (Å²) in [5, 5.41) is 4.92. The van der Waals surface area contributed by atoms with E-state index >= 15 is 0 Å². The fourth-order valence-electron chi connectivity index (χ4n) is 3.04. The van der Waals surface area contributed by atoms with Gasteiger partial charge in [-0.1, -0.05) is 18.2 Å². The van der Waals surface area contributed by atoms with Crippen molar-refractivity contribution in [1.29, 1.82) is 0 Å². The minimum absolute atomic E-state index is 0.0759. The van der Waals surface area contributed by atoms with E-state index < -0.39 is 27.8 Å². The van der Waals surface area contributed by atoms with E-state index in [2.05, 4.69) is 4.72 Å². The second kappa shape index (κ2) is 9.90. The van der Waals surface area contributed by atoms with E-state index in [-0.39, 0.29) is 41.2 Å². The van der Waals surface area contributed by atoms with E-state index in [9.17, 15) is 22.0 Å². The van der Waals surface area contributed by atoms with Crippen LogP contribution in [0.25, 0.3) is 0 Å². The highest BCUT2D eigenvalue weighted by atomic mass is 127. The van der Waals surface area contributed by atoms with E-state index in [0.29, 0.717) is 9.13 Å². The molecule has 0 aliphatic carbocycles. The van der Waals surface area contributed by atoms with Crippen molar-refractivity contribution in [2.24, 2.45) is 10.9 Å². The Kier molecular flexibility index (Phi) is 7.44. The highest BCUT2D eigenvalue weighted by Gasteiger charge is 2.20. The molecule has 0 unspecified atom stereocenters. The predicted octanol–water partition coefficient (Wildman–Crippen LogP) is 3.34. The summed E-state index contributed by atoms with van der Waals surface area (Å²) in [7, 11) is -3.89. The van der Waals surface area contributed by atoms with Crippen LogP contribution in [0.15, 0.2) is 54.6 Å². The summed E-state index contributed by atoms with van der Waals surface area (Å²) in [6.45, 7) is -0.0980. The van der Waals surface area contributed by atoms with Gasteiger partial charge in [-0.25, -0.2) is 13.9 Å². The third-order valence-electron chi connectivity index (χ3n) is 4.39. The van der Waals surface area contributed by atoms with Crippen LogP contribution in [0.2, 0.25) is 0 Å². The number of nitrogens with one attached hydrogen (secondary N) is 1. The number of ether oxygens (including phenoxy) is 1. The van der Waals surface area contributed by atoms with E-state index in [0.717, 1.165) is 12.1 Å². The highest BCUT2D eigenvalue weighted by Crippen LogP contribution is 2.31. The lowest BCUT2D eigenvalue weighted by Gasteiger charge is -2.15. The number of amides is 1. The SMILES string of the molecule is NC(=O)c1c(Cc2ccc(I)cc2F)cc(F)cc1Oc1cccc(CNS(N)(=O)=O)c1. The van der Waals surface area contributed by atoms with Gasteiger partial charge in [0.05, 0.1) is 5.56 Å². The molecule has 0 aromatic heterocycles. The molecule has 3 rings (SSSR count). The van der Waals surface area contributed by atoms with Crippen LogP contribution in [-0.2, 0) is 23.2 Å². The summed E-state index contributed by atoms with van der Waals surface area (Å²) in [5.74, 6) is -1.99. The zero-order valence-corrected chi connectivity index (χ0v) is 19.4. The summed E-state index contributed by atoms with van der Waals surface area (Å²) in [5.41, 5.74) is 6.39. The Bertz CT molecular complexity index is 1290. The number of hydrogen-bond acceptors (Lipinski definition) is 4. The summed E-state index contributed by atoms with van der Waals surface area (Å²) < 4.78 is 59.4. The normalized spacial score (nSPS) is 11.4. The van der Waals surface area contributed by atoms with Gasteiger partial charge in [-0.2, -0.15) is 13.1 Å². The molecule has 0 saturated carbocycles. The molecule has 0 aliphatic rings. The van der Waals surface area contributed by atoms with Gasteiger partial charge in [0.1, 0.15) is 23.1 Å². The Balaban J connectivity index is 1.96. The molecule has 5 N–H and O–H groups in total. The van der Waals surface area contributed by atoms with Crippen LogP contribution < -0.4 is 20.3 Å². The molecule has 0 atom stereocenters. The molecule has 32 heavy (non-hydrogen) atoms. The highest BCUT2D eigenvalue weighted by molar-refractivity contribution is 14.1. The van der Waals surface area contributed by atoms with Crippen molar-refractivity contribution in [2.75, 3.05) is 0 Å². The molecule has 1 amide bonds. The van der Waals surface area contributed by atoms with Crippen molar-refractivity contribution in [2.45, 2.75) is 13.0 Å². The monoisotopic (exact) mass is 573 g/mol. The molecular formula is C21H18F2IN3O4S. The van der Waals surface area contributed by atoms with Crippen molar-refractivity contribution in [3.05, 3.63) is 92.1 Å². The van der Waals surface area contributed by atoms with Gasteiger partial charge in [0.15, 0.2) is 0 Å². The number of hydrogen-bond donors (Lipinski definition) is 3. The lowest BCUT2D eigenvalue weighted by molar-refractivity contribution is 0.0997. The first-order chi connectivity index (χ1) is 15.0. The predicted molar refractivity (Wildman–Crippen MR) is 123 cm³/mol. The average Bonchev–Trinajstić information content (AvgIpc) is 2.68. The molecule has 11 heteroatoms. The Morgan fingerprint density at radius 2 is 1.81 bits per heavy atom. The molecule has 3 aromatic rings. The van der Waals surface area contributed by atoms with E-state index in [4.69, 9.17) is 15.6 Å². The van der Waals surface area contributed by atoms with E-state index in [1.54, 1.807) is 24.3 Å². The zero-order valence-electron chi connectivity index (χ0n) is 16.4. The Hall–Kier alpha value is -2.61. The van der Waals surface area contributed by atoms with Crippen molar-refractivity contribution in [1.82, 2.24) is 4.72 Å². The summed E-state index contributed by atoms with van der Waals surface area (Å²) >= 11 is 1.97. The van der Waals surface area contributed by atoms with Gasteiger partial charge in [0, 0.05) is 22.6 Å². The van der Waals surface area contributed by atoms with Gasteiger partial charge >= 0.3 is 0 Å². The molecule has 168 valence electrons. The van der Waals surface area contributed by atoms with Crippen LogP contribution in [0.4, 0.5) is 8.78 Å². The second-order valence-corrected chi connectivity index (χ2v) is 9.45. The zero-order chi connectivity index (χ0) is 23.5. The Morgan fingerprint density at radius 3 is 2.47 bits per heavy atom. The van der Waals surface area contributed by atoms with Crippen LogP contribution in [0, 0.1) is 15.2 Å². The molecule has 0 radical (unpaired) electrons. The van der Waals surface area contributed by atoms with Crippen molar-refractivity contribution in [3.63, 3.8) is 0 Å². The number of primary amides is 1. The van der Waals surface area contributed by atoms with Crippen molar-refractivity contribution < 1.29 is 26.7 Å². The number of carbonyl (C=O) groups excluding carboxylic acids is 1. The second-order valence-electron chi connectivity index (χ2n) is 6.83. The molecule has 7 nitrogen and oxygen atoms in total. The van der Waals surface area contributed by atoms with Gasteiger partial charge in [-0.15, -0.1) is 0 Å². The Labute approximate surface area is 197 Å². The largest absolute Gasteiger partial charge is 0.456 e. The first kappa shape index (κ1) is 24.0. The molecule has 0 saturated heterocycles. The van der Waals surface area contributed by atoms with Crippen LogP contribution >= 0.6 is 22.6 Å². The maximum atomic E-state index is 14.4. The fraction of sp³-hybridized carbons (Fsp3) is 0.0952. The Morgan fingerprint density at radius 1 is 1.06 bits per heavy atom. The number of halogens is 3. The fourth-order valence-corrected chi connectivity index (χ4v) is 3.86. The number of rotatable bonds is 8. The van der Waals surface area contributed by atoms with E-state index in [1.165, 1.54) is 18.2 Å². The third kappa shape index (κ3) is 6.45.